The molecule has 0 aliphatic rings. The molecule has 8 nitrogen and oxygen atoms in total. The third kappa shape index (κ3) is 4.33. The van der Waals surface area contributed by atoms with Gasteiger partial charge in [-0.3, -0.25) is 9.89 Å². The monoisotopic (exact) mass is 449 g/mol. The number of nitrogens with one attached hydrogen (secondary N) is 1. The second-order valence-corrected chi connectivity index (χ2v) is 8.15. The van der Waals surface area contributed by atoms with E-state index < -0.39 is 0 Å². The van der Waals surface area contributed by atoms with E-state index >= 15 is 0 Å². The van der Waals surface area contributed by atoms with E-state index in [1.807, 2.05) is 55.6 Å². The number of thiazole rings is 1. The van der Waals surface area contributed by atoms with Crippen molar-refractivity contribution in [1.29, 1.82) is 0 Å². The summed E-state index contributed by atoms with van der Waals surface area (Å²) in [6, 6.07) is 14.8. The van der Waals surface area contributed by atoms with Gasteiger partial charge in [-0.1, -0.05) is 32.0 Å². The average Bonchev–Trinajstić information content (AvgIpc) is 3.42. The Morgan fingerprint density at radius 2 is 1.75 bits per heavy atom. The van der Waals surface area contributed by atoms with E-state index in [-0.39, 0.29) is 17.2 Å². The first-order valence-corrected chi connectivity index (χ1v) is 10.9. The molecule has 0 atom stereocenters. The number of rotatable bonds is 7. The second kappa shape index (κ2) is 9.19. The third-order valence-electron chi connectivity index (χ3n) is 4.84. The van der Waals surface area contributed by atoms with Gasteiger partial charge in [0, 0.05) is 17.0 Å². The molecule has 1 N–H and O–H groups in total. The molecule has 0 aliphatic carbocycles. The van der Waals surface area contributed by atoms with Gasteiger partial charge < -0.3 is 9.47 Å². The summed E-state index contributed by atoms with van der Waals surface area (Å²) in [5, 5.41) is 14.1. The van der Waals surface area contributed by atoms with Crippen molar-refractivity contribution >= 4 is 22.7 Å². The molecule has 2 aromatic carbocycles. The Labute approximate surface area is 189 Å². The van der Waals surface area contributed by atoms with Crippen LogP contribution in [0.1, 0.15) is 25.5 Å². The van der Waals surface area contributed by atoms with E-state index in [1.165, 1.54) is 16.0 Å². The number of ether oxygens (including phenoxy) is 2. The third-order valence-corrected chi connectivity index (χ3v) is 5.66. The number of H-pyrrole nitrogens is 1. The molecule has 0 unspecified atom stereocenters. The summed E-state index contributed by atoms with van der Waals surface area (Å²) in [7, 11) is 3.21. The molecule has 32 heavy (non-hydrogen) atoms. The van der Waals surface area contributed by atoms with Crippen molar-refractivity contribution in [2.45, 2.75) is 19.8 Å². The fourth-order valence-corrected chi connectivity index (χ4v) is 3.93. The van der Waals surface area contributed by atoms with Crippen LogP contribution in [0.25, 0.3) is 16.4 Å². The largest absolute Gasteiger partial charge is 0.497 e. The minimum Gasteiger partial charge on any atom is -0.497 e. The molecular formula is C23H23N5O3S. The van der Waals surface area contributed by atoms with Gasteiger partial charge in [0.25, 0.3) is 0 Å². The van der Waals surface area contributed by atoms with Crippen LogP contribution >= 0.6 is 11.3 Å². The predicted molar refractivity (Wildman–Crippen MR) is 125 cm³/mol. The van der Waals surface area contributed by atoms with Crippen molar-refractivity contribution in [2.24, 2.45) is 10.2 Å². The topological polar surface area (TPSA) is 93.9 Å². The lowest BCUT2D eigenvalue weighted by Crippen LogP contribution is -2.13. The van der Waals surface area contributed by atoms with Crippen LogP contribution in [0.5, 0.6) is 11.5 Å². The van der Waals surface area contributed by atoms with E-state index in [1.54, 1.807) is 26.4 Å². The van der Waals surface area contributed by atoms with Crippen LogP contribution in [-0.2, 0) is 0 Å². The molecule has 0 bridgehead atoms. The van der Waals surface area contributed by atoms with Gasteiger partial charge in [0.05, 0.1) is 31.3 Å². The van der Waals surface area contributed by atoms with Gasteiger partial charge in [0.1, 0.15) is 11.5 Å². The zero-order valence-corrected chi connectivity index (χ0v) is 19.0. The van der Waals surface area contributed by atoms with Gasteiger partial charge >= 0.3 is 5.56 Å². The lowest BCUT2D eigenvalue weighted by atomic mass is 10.1. The van der Waals surface area contributed by atoms with E-state index in [2.05, 4.69) is 20.3 Å². The molecule has 0 radical (unpaired) electrons. The summed E-state index contributed by atoms with van der Waals surface area (Å²) in [5.74, 6) is 1.46. The van der Waals surface area contributed by atoms with E-state index in [4.69, 9.17) is 9.47 Å². The van der Waals surface area contributed by atoms with Gasteiger partial charge in [0.2, 0.25) is 5.13 Å². The van der Waals surface area contributed by atoms with Gasteiger partial charge in [-0.2, -0.15) is 9.80 Å². The zero-order chi connectivity index (χ0) is 22.7. The first-order chi connectivity index (χ1) is 15.5. The van der Waals surface area contributed by atoms with Crippen molar-refractivity contribution in [3.63, 3.8) is 0 Å². The minimum atomic E-state index is -0.299. The van der Waals surface area contributed by atoms with Crippen molar-refractivity contribution < 1.29 is 9.47 Å². The van der Waals surface area contributed by atoms with Crippen LogP contribution in [0.4, 0.5) is 11.4 Å². The summed E-state index contributed by atoms with van der Waals surface area (Å²) in [6.07, 6.45) is 0. The molecule has 2 heterocycles. The molecule has 4 aromatic rings. The van der Waals surface area contributed by atoms with Gasteiger partial charge in [0.15, 0.2) is 5.69 Å². The normalized spacial score (nSPS) is 11.4. The smallest absolute Gasteiger partial charge is 0.301 e. The number of hydrogen-bond donors (Lipinski definition) is 1. The quantitative estimate of drug-likeness (QED) is 0.358. The minimum absolute atomic E-state index is 0.0426. The average molecular weight is 450 g/mol. The molecular weight excluding hydrogens is 426 g/mol. The fourth-order valence-electron chi connectivity index (χ4n) is 3.14. The Kier molecular flexibility index (Phi) is 6.18. The van der Waals surface area contributed by atoms with E-state index in [0.717, 1.165) is 17.0 Å². The highest BCUT2D eigenvalue weighted by Gasteiger charge is 2.20. The molecule has 0 fully saturated rings. The Hall–Kier alpha value is -3.72. The van der Waals surface area contributed by atoms with Crippen molar-refractivity contribution in [3.05, 3.63) is 70.0 Å². The highest BCUT2D eigenvalue weighted by Crippen LogP contribution is 2.29. The van der Waals surface area contributed by atoms with E-state index in [0.29, 0.717) is 22.3 Å². The van der Waals surface area contributed by atoms with Gasteiger partial charge in [-0.25, -0.2) is 4.98 Å². The van der Waals surface area contributed by atoms with Crippen LogP contribution in [0, 0.1) is 0 Å². The molecule has 0 amide bonds. The lowest BCUT2D eigenvalue weighted by molar-refractivity contribution is 0.415. The maximum atomic E-state index is 13.2. The van der Waals surface area contributed by atoms with Crippen LogP contribution in [0.2, 0.25) is 0 Å². The first-order valence-electron chi connectivity index (χ1n) is 10.0. The molecule has 0 saturated heterocycles. The fraction of sp³-hybridized carbons (Fsp3) is 0.217. The van der Waals surface area contributed by atoms with Crippen molar-refractivity contribution in [2.75, 3.05) is 14.2 Å². The molecule has 9 heteroatoms. The number of aromatic amines is 1. The zero-order valence-electron chi connectivity index (χ0n) is 18.2. The number of methoxy groups -OCH3 is 2. The van der Waals surface area contributed by atoms with Gasteiger partial charge in [-0.15, -0.1) is 16.5 Å². The number of azo groups is 1. The molecule has 0 aliphatic heterocycles. The van der Waals surface area contributed by atoms with Gasteiger partial charge in [-0.05, 0) is 30.2 Å². The molecule has 164 valence electrons. The summed E-state index contributed by atoms with van der Waals surface area (Å²) >= 11 is 1.37. The summed E-state index contributed by atoms with van der Waals surface area (Å²) in [6.45, 7) is 3.98. The number of nitrogens with zero attached hydrogens (tertiary/aromatic N) is 4. The number of benzene rings is 2. The highest BCUT2D eigenvalue weighted by atomic mass is 32.1. The SMILES string of the molecule is COc1cccc(N=Nc2c(C(C)C)[nH]n(-c3nc(-c4cccc(OC)c4)cs3)c2=O)c1. The van der Waals surface area contributed by atoms with Crippen LogP contribution in [0.15, 0.2) is 68.9 Å². The van der Waals surface area contributed by atoms with Crippen LogP contribution in [-0.4, -0.2) is 29.0 Å². The number of hydrogen-bond acceptors (Lipinski definition) is 7. The molecule has 0 saturated carbocycles. The predicted octanol–water partition coefficient (Wildman–Crippen LogP) is 5.85. The van der Waals surface area contributed by atoms with Crippen molar-refractivity contribution in [1.82, 2.24) is 14.8 Å². The second-order valence-electron chi connectivity index (χ2n) is 7.32. The lowest BCUT2D eigenvalue weighted by Gasteiger charge is -2.02. The maximum absolute atomic E-state index is 13.2. The Bertz CT molecular complexity index is 1320. The molecule has 4 rings (SSSR count). The van der Waals surface area contributed by atoms with Crippen LogP contribution < -0.4 is 15.0 Å². The summed E-state index contributed by atoms with van der Waals surface area (Å²) < 4.78 is 11.9. The standard InChI is InChI=1S/C23H23N5O3S/c1-14(2)20-21(26-25-16-8-6-10-18(12-16)31-4)22(29)28(27-20)23-24-19(13-32-23)15-7-5-9-17(11-15)30-3/h5-14,27H,1-4H3. The number of aromatic nitrogens is 3. The van der Waals surface area contributed by atoms with Crippen LogP contribution in [0.3, 0.4) is 0 Å². The van der Waals surface area contributed by atoms with Crippen molar-refractivity contribution in [3.8, 4) is 27.9 Å². The summed E-state index contributed by atoms with van der Waals surface area (Å²) in [4.78, 5) is 17.8. The maximum Gasteiger partial charge on any atom is 0.301 e. The Balaban J connectivity index is 1.71. The molecule has 0 spiro atoms. The first kappa shape index (κ1) is 21.5. The van der Waals surface area contributed by atoms with E-state index in [9.17, 15) is 4.79 Å². The summed E-state index contributed by atoms with van der Waals surface area (Å²) in [5.41, 5.74) is 2.93. The Morgan fingerprint density at radius 3 is 2.47 bits per heavy atom. The highest BCUT2D eigenvalue weighted by molar-refractivity contribution is 7.12. The molecule has 2 aromatic heterocycles. The Morgan fingerprint density at radius 1 is 1.03 bits per heavy atom.